The molecule has 1 nitrogen and oxygen atoms in total. The van der Waals surface area contributed by atoms with Crippen molar-refractivity contribution in [3.63, 3.8) is 0 Å². The summed E-state index contributed by atoms with van der Waals surface area (Å²) < 4.78 is 13.5. The molecule has 1 N–H and O–H groups in total. The summed E-state index contributed by atoms with van der Waals surface area (Å²) >= 11 is 0. The van der Waals surface area contributed by atoms with Crippen LogP contribution in [0.25, 0.3) is 0 Å². The highest BCUT2D eigenvalue weighted by Gasteiger charge is 2.28. The van der Waals surface area contributed by atoms with Gasteiger partial charge in [-0.25, -0.2) is 4.39 Å². The van der Waals surface area contributed by atoms with Gasteiger partial charge in [0.05, 0.1) is 0 Å². The van der Waals surface area contributed by atoms with Gasteiger partial charge in [0.2, 0.25) is 0 Å². The topological polar surface area (TPSA) is 12.0 Å². The van der Waals surface area contributed by atoms with Crippen molar-refractivity contribution in [2.24, 2.45) is 0 Å². The highest BCUT2D eigenvalue weighted by atomic mass is 19.1. The number of benzene rings is 2. The smallest absolute Gasteiger partial charge is 0.123 e. The van der Waals surface area contributed by atoms with E-state index < -0.39 is 0 Å². The maximum atomic E-state index is 13.5. The number of nitrogens with one attached hydrogen (secondary N) is 1. The van der Waals surface area contributed by atoms with Crippen molar-refractivity contribution in [3.8, 4) is 0 Å². The Kier molecular flexibility index (Phi) is 4.07. The zero-order chi connectivity index (χ0) is 14.8. The van der Waals surface area contributed by atoms with Gasteiger partial charge in [0, 0.05) is 12.5 Å². The van der Waals surface area contributed by atoms with Gasteiger partial charge < -0.3 is 5.32 Å². The summed E-state index contributed by atoms with van der Waals surface area (Å²) in [5.74, 6) is 0.667. The Balaban J connectivity index is 1.96. The predicted molar refractivity (Wildman–Crippen MR) is 85.3 cm³/mol. The van der Waals surface area contributed by atoms with Crippen molar-refractivity contribution in [2.45, 2.75) is 32.1 Å². The fraction of sp³-hybridized carbons (Fsp3) is 0.368. The van der Waals surface area contributed by atoms with E-state index in [2.05, 4.69) is 43.4 Å². The Bertz CT molecular complexity index is 635. The summed E-state index contributed by atoms with van der Waals surface area (Å²) in [6.45, 7) is 6.26. The number of hydrogen-bond acceptors (Lipinski definition) is 1. The van der Waals surface area contributed by atoms with Crippen LogP contribution in [0.2, 0.25) is 0 Å². The molecule has 0 aromatic heterocycles. The highest BCUT2D eigenvalue weighted by molar-refractivity contribution is 5.35. The van der Waals surface area contributed by atoms with Gasteiger partial charge in [0.25, 0.3) is 0 Å². The fourth-order valence-electron chi connectivity index (χ4n) is 3.34. The molecule has 2 atom stereocenters. The molecule has 1 saturated heterocycles. The molecule has 0 saturated carbocycles. The third kappa shape index (κ3) is 3.01. The molecule has 3 rings (SSSR count). The van der Waals surface area contributed by atoms with E-state index in [0.29, 0.717) is 11.8 Å². The van der Waals surface area contributed by atoms with Gasteiger partial charge in [-0.2, -0.15) is 0 Å². The average Bonchev–Trinajstić information content (AvgIpc) is 2.50. The predicted octanol–water partition coefficient (Wildman–Crippen LogP) is 4.30. The molecule has 0 radical (unpaired) electrons. The van der Waals surface area contributed by atoms with Gasteiger partial charge >= 0.3 is 0 Å². The Labute approximate surface area is 126 Å². The third-order valence-corrected chi connectivity index (χ3v) is 4.72. The van der Waals surface area contributed by atoms with Gasteiger partial charge in [0.15, 0.2) is 0 Å². The summed E-state index contributed by atoms with van der Waals surface area (Å²) in [5.41, 5.74) is 5.15. The molecule has 0 bridgehead atoms. The molecule has 0 spiro atoms. The van der Waals surface area contributed by atoms with Crippen molar-refractivity contribution >= 4 is 0 Å². The van der Waals surface area contributed by atoms with E-state index in [1.54, 1.807) is 6.07 Å². The lowest BCUT2D eigenvalue weighted by atomic mass is 9.77. The van der Waals surface area contributed by atoms with Crippen LogP contribution in [0.15, 0.2) is 42.5 Å². The minimum absolute atomic E-state index is 0.142. The number of hydrogen-bond donors (Lipinski definition) is 1. The standard InChI is InChI=1S/C19H22FN/c1-13-6-7-16(10-14(13)2)18-8-9-21-12-19(18)15-4-3-5-17(20)11-15/h3-7,10-11,18-19,21H,8-9,12H2,1-2H3. The average molecular weight is 283 g/mol. The van der Waals surface area contributed by atoms with Gasteiger partial charge in [-0.05, 0) is 67.1 Å². The van der Waals surface area contributed by atoms with Crippen molar-refractivity contribution in [1.29, 1.82) is 0 Å². The van der Waals surface area contributed by atoms with Crippen LogP contribution in [-0.4, -0.2) is 13.1 Å². The molecular weight excluding hydrogens is 261 g/mol. The molecule has 1 heterocycles. The lowest BCUT2D eigenvalue weighted by molar-refractivity contribution is 0.403. The van der Waals surface area contributed by atoms with Gasteiger partial charge in [-0.15, -0.1) is 0 Å². The van der Waals surface area contributed by atoms with Crippen LogP contribution in [0, 0.1) is 19.7 Å². The second-order valence-electron chi connectivity index (χ2n) is 6.10. The molecular formula is C19H22FN. The summed E-state index contributed by atoms with van der Waals surface area (Å²) in [6.07, 6.45) is 1.10. The Hall–Kier alpha value is -1.67. The van der Waals surface area contributed by atoms with E-state index in [1.165, 1.54) is 22.8 Å². The van der Waals surface area contributed by atoms with E-state index in [9.17, 15) is 4.39 Å². The molecule has 2 aromatic carbocycles. The molecule has 21 heavy (non-hydrogen) atoms. The lowest BCUT2D eigenvalue weighted by Gasteiger charge is -2.33. The minimum Gasteiger partial charge on any atom is -0.316 e. The molecule has 110 valence electrons. The number of halogens is 1. The molecule has 2 unspecified atom stereocenters. The molecule has 1 aliphatic rings. The molecule has 0 amide bonds. The van der Waals surface area contributed by atoms with Crippen molar-refractivity contribution in [1.82, 2.24) is 5.32 Å². The van der Waals surface area contributed by atoms with Crippen LogP contribution in [0.5, 0.6) is 0 Å². The molecule has 2 heteroatoms. The van der Waals surface area contributed by atoms with Crippen LogP contribution < -0.4 is 5.32 Å². The Morgan fingerprint density at radius 3 is 2.52 bits per heavy atom. The van der Waals surface area contributed by atoms with E-state index in [1.807, 2.05) is 6.07 Å². The SMILES string of the molecule is Cc1ccc(C2CCNCC2c2cccc(F)c2)cc1C. The van der Waals surface area contributed by atoms with Gasteiger partial charge in [-0.1, -0.05) is 30.3 Å². The maximum absolute atomic E-state index is 13.5. The first kappa shape index (κ1) is 14.3. The molecule has 1 fully saturated rings. The highest BCUT2D eigenvalue weighted by Crippen LogP contribution is 2.38. The quantitative estimate of drug-likeness (QED) is 0.866. The monoisotopic (exact) mass is 283 g/mol. The van der Waals surface area contributed by atoms with E-state index >= 15 is 0 Å². The zero-order valence-electron chi connectivity index (χ0n) is 12.7. The van der Waals surface area contributed by atoms with Crippen molar-refractivity contribution in [3.05, 3.63) is 70.5 Å². The van der Waals surface area contributed by atoms with Crippen LogP contribution in [-0.2, 0) is 0 Å². The molecule has 0 aliphatic carbocycles. The second kappa shape index (κ2) is 5.98. The first-order valence-electron chi connectivity index (χ1n) is 7.68. The maximum Gasteiger partial charge on any atom is 0.123 e. The first-order valence-corrected chi connectivity index (χ1v) is 7.68. The summed E-state index contributed by atoms with van der Waals surface area (Å²) in [7, 11) is 0. The number of piperidine rings is 1. The van der Waals surface area contributed by atoms with E-state index in [0.717, 1.165) is 25.1 Å². The van der Waals surface area contributed by atoms with Crippen LogP contribution in [0.1, 0.15) is 40.5 Å². The Morgan fingerprint density at radius 1 is 0.952 bits per heavy atom. The summed E-state index contributed by atoms with van der Waals surface area (Å²) in [5, 5.41) is 3.46. The number of aryl methyl sites for hydroxylation is 2. The second-order valence-corrected chi connectivity index (χ2v) is 6.10. The van der Waals surface area contributed by atoms with Crippen LogP contribution in [0.3, 0.4) is 0 Å². The van der Waals surface area contributed by atoms with Gasteiger partial charge in [0.1, 0.15) is 5.82 Å². The minimum atomic E-state index is -0.142. The third-order valence-electron chi connectivity index (χ3n) is 4.72. The van der Waals surface area contributed by atoms with Crippen LogP contribution >= 0.6 is 0 Å². The van der Waals surface area contributed by atoms with Gasteiger partial charge in [-0.3, -0.25) is 0 Å². The molecule has 1 aliphatic heterocycles. The first-order chi connectivity index (χ1) is 10.1. The summed E-state index contributed by atoms with van der Waals surface area (Å²) in [6, 6.07) is 13.8. The largest absolute Gasteiger partial charge is 0.316 e. The van der Waals surface area contributed by atoms with Crippen molar-refractivity contribution in [2.75, 3.05) is 13.1 Å². The Morgan fingerprint density at radius 2 is 1.76 bits per heavy atom. The normalized spacial score (nSPS) is 22.2. The van der Waals surface area contributed by atoms with E-state index in [4.69, 9.17) is 0 Å². The fourth-order valence-corrected chi connectivity index (χ4v) is 3.34. The lowest BCUT2D eigenvalue weighted by Crippen LogP contribution is -2.34. The number of rotatable bonds is 2. The zero-order valence-corrected chi connectivity index (χ0v) is 12.7. The van der Waals surface area contributed by atoms with E-state index in [-0.39, 0.29) is 5.82 Å². The molecule has 2 aromatic rings. The van der Waals surface area contributed by atoms with Crippen molar-refractivity contribution < 1.29 is 4.39 Å². The van der Waals surface area contributed by atoms with Crippen LogP contribution in [0.4, 0.5) is 4.39 Å². The summed E-state index contributed by atoms with van der Waals surface area (Å²) in [4.78, 5) is 0.